The second kappa shape index (κ2) is 5.65. The van der Waals surface area contributed by atoms with E-state index in [1.807, 2.05) is 38.1 Å². The molecule has 5 nitrogen and oxygen atoms in total. The summed E-state index contributed by atoms with van der Waals surface area (Å²) < 4.78 is 6.90. The summed E-state index contributed by atoms with van der Waals surface area (Å²) >= 11 is 0. The van der Waals surface area contributed by atoms with E-state index in [9.17, 15) is 9.59 Å². The highest BCUT2D eigenvalue weighted by Crippen LogP contribution is 2.39. The van der Waals surface area contributed by atoms with Crippen molar-refractivity contribution >= 4 is 5.97 Å². The van der Waals surface area contributed by atoms with Gasteiger partial charge in [-0.25, -0.2) is 0 Å². The van der Waals surface area contributed by atoms with Gasteiger partial charge in [0.2, 0.25) is 0 Å². The molecule has 1 aliphatic rings. The molecule has 0 aliphatic carbocycles. The monoisotopic (exact) mass is 312 g/mol. The molecule has 0 saturated carbocycles. The van der Waals surface area contributed by atoms with E-state index in [0.717, 1.165) is 17.0 Å². The topological polar surface area (TPSA) is 61.2 Å². The predicted molar refractivity (Wildman–Crippen MR) is 87.0 cm³/mol. The maximum atomic E-state index is 12.8. The Hall–Kier alpha value is -2.43. The molecule has 1 aliphatic heterocycles. The minimum absolute atomic E-state index is 0.0467. The van der Waals surface area contributed by atoms with Gasteiger partial charge in [-0.3, -0.25) is 14.6 Å². The molecule has 23 heavy (non-hydrogen) atoms. The highest BCUT2D eigenvalue weighted by molar-refractivity contribution is 5.85. The van der Waals surface area contributed by atoms with Crippen molar-refractivity contribution in [2.24, 2.45) is 7.05 Å². The Bertz CT molecular complexity index is 805. The average Bonchev–Trinajstić information content (AvgIpc) is 2.59. The highest BCUT2D eigenvalue weighted by atomic mass is 16.5. The average molecular weight is 312 g/mol. The Morgan fingerprint density at radius 2 is 2.00 bits per heavy atom. The molecule has 0 amide bonds. The number of ether oxygens (including phenoxy) is 1. The van der Waals surface area contributed by atoms with E-state index in [1.54, 1.807) is 17.8 Å². The van der Waals surface area contributed by atoms with Gasteiger partial charge >= 0.3 is 5.97 Å². The van der Waals surface area contributed by atoms with E-state index >= 15 is 0 Å². The second-order valence-corrected chi connectivity index (χ2v) is 5.87. The number of carbonyl (C=O) groups excluding carboxylic acids is 1. The van der Waals surface area contributed by atoms with Crippen LogP contribution in [-0.2, 0) is 28.6 Å². The molecule has 3 rings (SSSR count). The van der Waals surface area contributed by atoms with Crippen LogP contribution < -0.4 is 5.56 Å². The third-order valence-electron chi connectivity index (χ3n) is 4.92. The Kier molecular flexibility index (Phi) is 3.80. The van der Waals surface area contributed by atoms with Gasteiger partial charge in [-0.05, 0) is 36.6 Å². The zero-order valence-electron chi connectivity index (χ0n) is 13.6. The molecule has 0 aromatic carbocycles. The van der Waals surface area contributed by atoms with Crippen LogP contribution in [0.2, 0.25) is 0 Å². The molecule has 3 heterocycles. The molecule has 2 aromatic rings. The Balaban J connectivity index is 2.33. The van der Waals surface area contributed by atoms with Gasteiger partial charge in [0.05, 0.1) is 22.4 Å². The van der Waals surface area contributed by atoms with Crippen molar-refractivity contribution in [1.29, 1.82) is 0 Å². The highest BCUT2D eigenvalue weighted by Gasteiger charge is 2.44. The summed E-state index contributed by atoms with van der Waals surface area (Å²) in [6.45, 7) is 3.96. The first-order valence-corrected chi connectivity index (χ1v) is 7.87. The summed E-state index contributed by atoms with van der Waals surface area (Å²) in [6, 6.07) is 7.52. The van der Waals surface area contributed by atoms with Crippen LogP contribution in [0.5, 0.6) is 0 Å². The summed E-state index contributed by atoms with van der Waals surface area (Å²) in [6.07, 6.45) is 2.90. The Morgan fingerprint density at radius 1 is 1.26 bits per heavy atom. The number of nitrogens with zero attached hydrogens (tertiary/aromatic N) is 2. The summed E-state index contributed by atoms with van der Waals surface area (Å²) in [5.41, 5.74) is 1.94. The number of pyridine rings is 2. The van der Waals surface area contributed by atoms with E-state index in [2.05, 4.69) is 4.98 Å². The number of cyclic esters (lactones) is 1. The summed E-state index contributed by atoms with van der Waals surface area (Å²) in [4.78, 5) is 29.6. The fraction of sp³-hybridized carbons (Fsp3) is 0.389. The minimum Gasteiger partial charge on any atom is -0.460 e. The van der Waals surface area contributed by atoms with Crippen LogP contribution in [0.3, 0.4) is 0 Å². The molecule has 0 unspecified atom stereocenters. The molecule has 120 valence electrons. The number of rotatable bonds is 3. The van der Waals surface area contributed by atoms with Crippen molar-refractivity contribution in [2.45, 2.75) is 38.7 Å². The SMILES string of the molecule is CCC1(CC)C(=O)OCc2c1cc(-c1ccccn1)n(C)c2=O. The molecule has 0 fully saturated rings. The molecular formula is C18H20N2O3. The van der Waals surface area contributed by atoms with Crippen LogP contribution in [0.15, 0.2) is 35.3 Å². The van der Waals surface area contributed by atoms with E-state index < -0.39 is 5.41 Å². The van der Waals surface area contributed by atoms with Crippen LogP contribution in [0, 0.1) is 0 Å². The summed E-state index contributed by atoms with van der Waals surface area (Å²) in [5, 5.41) is 0. The lowest BCUT2D eigenvalue weighted by Crippen LogP contribution is -2.44. The first-order valence-electron chi connectivity index (χ1n) is 7.87. The number of fused-ring (bicyclic) bond motifs is 1. The van der Waals surface area contributed by atoms with Crippen molar-refractivity contribution in [1.82, 2.24) is 9.55 Å². The standard InChI is InChI=1S/C18H20N2O3/c1-4-18(5-2)13-10-15(14-8-6-7-9-19-14)20(3)16(21)12(13)11-23-17(18)22/h6-10H,4-5,11H2,1-3H3. The summed E-state index contributed by atoms with van der Waals surface area (Å²) in [5.74, 6) is -0.241. The first-order chi connectivity index (χ1) is 11.0. The molecule has 0 bridgehead atoms. The lowest BCUT2D eigenvalue weighted by atomic mass is 9.73. The van der Waals surface area contributed by atoms with E-state index in [4.69, 9.17) is 4.74 Å². The first kappa shape index (κ1) is 15.5. The largest absolute Gasteiger partial charge is 0.460 e. The zero-order valence-corrected chi connectivity index (χ0v) is 13.6. The fourth-order valence-corrected chi connectivity index (χ4v) is 3.38. The minimum atomic E-state index is -0.746. The third-order valence-corrected chi connectivity index (χ3v) is 4.92. The quantitative estimate of drug-likeness (QED) is 0.817. The maximum absolute atomic E-state index is 12.8. The van der Waals surface area contributed by atoms with Crippen LogP contribution >= 0.6 is 0 Å². The van der Waals surface area contributed by atoms with Crippen molar-refractivity contribution in [3.8, 4) is 11.4 Å². The number of hydrogen-bond acceptors (Lipinski definition) is 4. The van der Waals surface area contributed by atoms with Gasteiger partial charge < -0.3 is 9.30 Å². The van der Waals surface area contributed by atoms with Crippen LogP contribution in [0.1, 0.15) is 37.8 Å². The van der Waals surface area contributed by atoms with E-state index in [-0.39, 0.29) is 18.1 Å². The Morgan fingerprint density at radius 3 is 2.61 bits per heavy atom. The van der Waals surface area contributed by atoms with Gasteiger partial charge in [0, 0.05) is 13.2 Å². The summed E-state index contributed by atoms with van der Waals surface area (Å²) in [7, 11) is 1.72. The van der Waals surface area contributed by atoms with Crippen molar-refractivity contribution < 1.29 is 9.53 Å². The van der Waals surface area contributed by atoms with Gasteiger partial charge in [-0.1, -0.05) is 19.9 Å². The molecule has 0 saturated heterocycles. The maximum Gasteiger partial charge on any atom is 0.316 e. The molecule has 0 atom stereocenters. The second-order valence-electron chi connectivity index (χ2n) is 5.87. The fourth-order valence-electron chi connectivity index (χ4n) is 3.38. The lowest BCUT2D eigenvalue weighted by Gasteiger charge is -2.35. The number of aromatic nitrogens is 2. The van der Waals surface area contributed by atoms with Gasteiger partial charge in [0.1, 0.15) is 6.61 Å². The van der Waals surface area contributed by atoms with Crippen LogP contribution in [-0.4, -0.2) is 15.5 Å². The van der Waals surface area contributed by atoms with Gasteiger partial charge in [-0.15, -0.1) is 0 Å². The normalized spacial score (nSPS) is 15.9. The number of hydrogen-bond donors (Lipinski definition) is 0. The number of carbonyl (C=O) groups is 1. The van der Waals surface area contributed by atoms with Crippen molar-refractivity contribution in [2.75, 3.05) is 0 Å². The van der Waals surface area contributed by atoms with Crippen molar-refractivity contribution in [3.05, 3.63) is 51.9 Å². The third kappa shape index (κ3) is 2.19. The molecule has 2 aromatic heterocycles. The van der Waals surface area contributed by atoms with Gasteiger partial charge in [0.15, 0.2) is 0 Å². The Labute approximate surface area is 134 Å². The van der Waals surface area contributed by atoms with Gasteiger partial charge in [-0.2, -0.15) is 0 Å². The van der Waals surface area contributed by atoms with Gasteiger partial charge in [0.25, 0.3) is 5.56 Å². The molecule has 0 radical (unpaired) electrons. The van der Waals surface area contributed by atoms with Crippen LogP contribution in [0.25, 0.3) is 11.4 Å². The number of esters is 1. The predicted octanol–water partition coefficient (Wildman–Crippen LogP) is 2.56. The van der Waals surface area contributed by atoms with Crippen LogP contribution in [0.4, 0.5) is 0 Å². The van der Waals surface area contributed by atoms with E-state index in [0.29, 0.717) is 18.4 Å². The molecule has 0 N–H and O–H groups in total. The zero-order chi connectivity index (χ0) is 16.6. The van der Waals surface area contributed by atoms with E-state index in [1.165, 1.54) is 0 Å². The lowest BCUT2D eigenvalue weighted by molar-refractivity contribution is -0.154. The molecule has 0 spiro atoms. The smallest absolute Gasteiger partial charge is 0.316 e. The van der Waals surface area contributed by atoms with Crippen molar-refractivity contribution in [3.63, 3.8) is 0 Å². The molecule has 5 heteroatoms. The molecular weight excluding hydrogens is 292 g/mol.